The van der Waals surface area contributed by atoms with Crippen LogP contribution in [-0.2, 0) is 14.3 Å². The number of hydrogen-bond acceptors (Lipinski definition) is 6. The number of ether oxygens (including phenoxy) is 1. The number of carbonyl (C=O) groups is 3. The average Bonchev–Trinajstić information content (AvgIpc) is 3.18. The van der Waals surface area contributed by atoms with Crippen LogP contribution in [0.4, 0.5) is 4.79 Å². The first-order valence-corrected chi connectivity index (χ1v) is 13.1. The minimum atomic E-state index is -1.05. The molecule has 1 aliphatic carbocycles. The molecule has 3 atom stereocenters. The Balaban J connectivity index is 1.42. The maximum absolute atomic E-state index is 13.2. The molecular weight excluding hydrogens is 468 g/mol. The number of aliphatic hydroxyl groups excluding tert-OH is 1. The molecule has 0 aromatic heterocycles. The van der Waals surface area contributed by atoms with Crippen molar-refractivity contribution in [3.8, 4) is 11.1 Å². The third-order valence-electron chi connectivity index (χ3n) is 6.63. The van der Waals surface area contributed by atoms with Crippen LogP contribution < -0.4 is 5.32 Å². The Morgan fingerprint density at radius 2 is 1.71 bits per heavy atom. The van der Waals surface area contributed by atoms with E-state index in [9.17, 15) is 24.6 Å². The number of thioether (sulfide) groups is 1. The number of aliphatic carboxylic acids is 1. The van der Waals surface area contributed by atoms with Gasteiger partial charge in [0.05, 0.1) is 12.0 Å². The lowest BCUT2D eigenvalue weighted by molar-refractivity contribution is -0.149. The maximum Gasteiger partial charge on any atom is 0.407 e. The van der Waals surface area contributed by atoms with Gasteiger partial charge >= 0.3 is 12.1 Å². The fourth-order valence-corrected chi connectivity index (χ4v) is 5.40. The molecule has 2 aromatic rings. The van der Waals surface area contributed by atoms with Crippen molar-refractivity contribution in [1.29, 1.82) is 0 Å². The molecule has 0 saturated carbocycles. The Hall–Kier alpha value is -3.04. The van der Waals surface area contributed by atoms with Gasteiger partial charge in [-0.15, -0.1) is 0 Å². The third-order valence-corrected chi connectivity index (χ3v) is 7.28. The standard InChI is InChI=1S/C26H30N2O6S/c1-35-11-10-23(24(30)28-13-16(25(31)32)12-17(29)14-28)27-26(33)34-15-22-20-8-4-2-6-18(20)19-7-3-5-9-21(19)22/h2-9,16-17,22-23,29H,10-15H2,1H3,(H,27,33)(H,31,32)/t16?,17?,23-/m1/s1. The van der Waals surface area contributed by atoms with Crippen LogP contribution in [0, 0.1) is 5.92 Å². The van der Waals surface area contributed by atoms with Gasteiger partial charge in [-0.3, -0.25) is 9.59 Å². The summed E-state index contributed by atoms with van der Waals surface area (Å²) in [6.07, 6.45) is 0.770. The molecule has 0 spiro atoms. The van der Waals surface area contributed by atoms with Gasteiger partial charge in [0, 0.05) is 19.0 Å². The first kappa shape index (κ1) is 25.1. The number of hydrogen-bond donors (Lipinski definition) is 3. The van der Waals surface area contributed by atoms with Crippen molar-refractivity contribution in [2.24, 2.45) is 5.92 Å². The molecule has 2 amide bonds. The number of carboxylic acids is 1. The number of β-amino-alcohol motifs (C(OH)–C–C–N with tert-alkyl or cyclic N) is 1. The van der Waals surface area contributed by atoms with E-state index in [1.54, 1.807) is 0 Å². The molecular formula is C26H30N2O6S. The number of amides is 2. The first-order chi connectivity index (χ1) is 16.9. The number of rotatable bonds is 8. The lowest BCUT2D eigenvalue weighted by Gasteiger charge is -2.36. The van der Waals surface area contributed by atoms with E-state index in [2.05, 4.69) is 17.4 Å². The molecule has 1 aliphatic heterocycles. The van der Waals surface area contributed by atoms with E-state index < -0.39 is 36.0 Å². The minimum Gasteiger partial charge on any atom is -0.481 e. The maximum atomic E-state index is 13.2. The summed E-state index contributed by atoms with van der Waals surface area (Å²) in [7, 11) is 0. The lowest BCUT2D eigenvalue weighted by Crippen LogP contribution is -2.55. The molecule has 2 aromatic carbocycles. The summed E-state index contributed by atoms with van der Waals surface area (Å²) in [5, 5.41) is 22.1. The number of piperidine rings is 1. The summed E-state index contributed by atoms with van der Waals surface area (Å²) in [4.78, 5) is 38.7. The van der Waals surface area contributed by atoms with Crippen molar-refractivity contribution < 1.29 is 29.3 Å². The molecule has 2 aliphatic rings. The van der Waals surface area contributed by atoms with Crippen molar-refractivity contribution in [2.45, 2.75) is 30.9 Å². The number of aliphatic hydroxyl groups is 1. The van der Waals surface area contributed by atoms with Gasteiger partial charge in [-0.1, -0.05) is 48.5 Å². The van der Waals surface area contributed by atoms with E-state index >= 15 is 0 Å². The number of fused-ring (bicyclic) bond motifs is 3. The summed E-state index contributed by atoms with van der Waals surface area (Å²) < 4.78 is 5.60. The van der Waals surface area contributed by atoms with Gasteiger partial charge in [-0.05, 0) is 47.1 Å². The molecule has 3 N–H and O–H groups in total. The topological polar surface area (TPSA) is 116 Å². The van der Waals surface area contributed by atoms with Crippen LogP contribution in [0.5, 0.6) is 0 Å². The summed E-state index contributed by atoms with van der Waals surface area (Å²) in [6, 6.07) is 15.2. The number of nitrogens with zero attached hydrogens (tertiary/aromatic N) is 1. The van der Waals surface area contributed by atoms with Crippen LogP contribution in [0.1, 0.15) is 29.9 Å². The Morgan fingerprint density at radius 1 is 1.09 bits per heavy atom. The molecule has 186 valence electrons. The van der Waals surface area contributed by atoms with Crippen LogP contribution in [0.15, 0.2) is 48.5 Å². The molecule has 1 saturated heterocycles. The van der Waals surface area contributed by atoms with Gasteiger partial charge < -0.3 is 25.2 Å². The second-order valence-corrected chi connectivity index (χ2v) is 9.96. The van der Waals surface area contributed by atoms with Crippen LogP contribution in [0.2, 0.25) is 0 Å². The zero-order chi connectivity index (χ0) is 24.9. The molecule has 4 rings (SSSR count). The van der Waals surface area contributed by atoms with Gasteiger partial charge in [0.25, 0.3) is 0 Å². The summed E-state index contributed by atoms with van der Waals surface area (Å²) in [5.41, 5.74) is 4.45. The van der Waals surface area contributed by atoms with E-state index in [0.717, 1.165) is 22.3 Å². The number of benzene rings is 2. The highest BCUT2D eigenvalue weighted by molar-refractivity contribution is 7.98. The van der Waals surface area contributed by atoms with Gasteiger partial charge in [0.1, 0.15) is 12.6 Å². The largest absolute Gasteiger partial charge is 0.481 e. The third kappa shape index (κ3) is 5.62. The van der Waals surface area contributed by atoms with E-state index in [4.69, 9.17) is 4.74 Å². The molecule has 8 nitrogen and oxygen atoms in total. The predicted molar refractivity (Wildman–Crippen MR) is 133 cm³/mol. The van der Waals surface area contributed by atoms with Crippen LogP contribution in [0.25, 0.3) is 11.1 Å². The molecule has 1 heterocycles. The Morgan fingerprint density at radius 3 is 2.31 bits per heavy atom. The van der Waals surface area contributed by atoms with Gasteiger partial charge in [0.2, 0.25) is 5.91 Å². The van der Waals surface area contributed by atoms with Gasteiger partial charge in [0.15, 0.2) is 0 Å². The fraction of sp³-hybridized carbons (Fsp3) is 0.423. The molecule has 0 radical (unpaired) electrons. The number of carboxylic acid groups (broad SMARTS) is 1. The normalized spacial score (nSPS) is 20.0. The number of likely N-dealkylation sites (tertiary alicyclic amines) is 1. The van der Waals surface area contributed by atoms with Crippen LogP contribution in [-0.4, -0.2) is 76.9 Å². The summed E-state index contributed by atoms with van der Waals surface area (Å²) in [6.45, 7) is 0.185. The minimum absolute atomic E-state index is 0.00731. The van der Waals surface area contributed by atoms with Gasteiger partial charge in [-0.25, -0.2) is 4.79 Å². The van der Waals surface area contributed by atoms with Crippen molar-refractivity contribution in [3.05, 3.63) is 59.7 Å². The quantitative estimate of drug-likeness (QED) is 0.512. The second-order valence-electron chi connectivity index (χ2n) is 8.97. The Labute approximate surface area is 208 Å². The second kappa shape index (κ2) is 11.1. The van der Waals surface area contributed by atoms with Crippen molar-refractivity contribution in [3.63, 3.8) is 0 Å². The zero-order valence-electron chi connectivity index (χ0n) is 19.6. The SMILES string of the molecule is CSCC[C@@H](NC(=O)OCC1c2ccccc2-c2ccccc21)C(=O)N1CC(O)CC(C(=O)O)C1. The zero-order valence-corrected chi connectivity index (χ0v) is 20.4. The van der Waals surface area contributed by atoms with Crippen LogP contribution >= 0.6 is 11.8 Å². The highest BCUT2D eigenvalue weighted by atomic mass is 32.2. The van der Waals surface area contributed by atoms with E-state index in [1.807, 2.05) is 42.7 Å². The average molecular weight is 499 g/mol. The van der Waals surface area contributed by atoms with Gasteiger partial charge in [-0.2, -0.15) is 11.8 Å². The summed E-state index contributed by atoms with van der Waals surface area (Å²) >= 11 is 1.54. The molecule has 9 heteroatoms. The number of alkyl carbamates (subject to hydrolysis) is 1. The smallest absolute Gasteiger partial charge is 0.407 e. The molecule has 0 bridgehead atoms. The van der Waals surface area contributed by atoms with Crippen molar-refractivity contribution in [1.82, 2.24) is 10.2 Å². The lowest BCUT2D eigenvalue weighted by atomic mass is 9.95. The highest BCUT2D eigenvalue weighted by Crippen LogP contribution is 2.44. The first-order valence-electron chi connectivity index (χ1n) is 11.7. The van der Waals surface area contributed by atoms with Crippen LogP contribution in [0.3, 0.4) is 0 Å². The highest BCUT2D eigenvalue weighted by Gasteiger charge is 2.36. The molecule has 35 heavy (non-hydrogen) atoms. The molecule has 1 fully saturated rings. The fourth-order valence-electron chi connectivity index (χ4n) is 4.93. The van der Waals surface area contributed by atoms with E-state index in [1.165, 1.54) is 16.7 Å². The van der Waals surface area contributed by atoms with Crippen molar-refractivity contribution >= 4 is 29.7 Å². The number of carbonyl (C=O) groups excluding carboxylic acids is 2. The number of nitrogens with one attached hydrogen (secondary N) is 1. The van der Waals surface area contributed by atoms with E-state index in [0.29, 0.717) is 12.2 Å². The molecule has 2 unspecified atom stereocenters. The summed E-state index contributed by atoms with van der Waals surface area (Å²) in [5.74, 6) is -1.76. The Kier molecular flexibility index (Phi) is 7.97. The Bertz CT molecular complexity index is 1050. The van der Waals surface area contributed by atoms with E-state index in [-0.39, 0.29) is 32.0 Å². The van der Waals surface area contributed by atoms with Crippen molar-refractivity contribution in [2.75, 3.05) is 31.7 Å². The monoisotopic (exact) mass is 498 g/mol. The predicted octanol–water partition coefficient (Wildman–Crippen LogP) is 2.94.